The molecule has 1 rings (SSSR count). The zero-order valence-electron chi connectivity index (χ0n) is 11.0. The first-order chi connectivity index (χ1) is 9.43. The van der Waals surface area contributed by atoms with Crippen LogP contribution in [0, 0.1) is 21.7 Å². The van der Waals surface area contributed by atoms with Crippen molar-refractivity contribution >= 4 is 29.2 Å². The highest BCUT2D eigenvalue weighted by Crippen LogP contribution is 2.47. The van der Waals surface area contributed by atoms with Crippen molar-refractivity contribution in [1.82, 2.24) is 0 Å². The lowest BCUT2D eigenvalue weighted by atomic mass is 10.2. The molecule has 0 N–H and O–H groups in total. The average molecular weight is 362 g/mol. The van der Waals surface area contributed by atoms with Gasteiger partial charge in [-0.05, 0) is 41.8 Å². The molecule has 0 aliphatic carbocycles. The lowest BCUT2D eigenvalue weighted by molar-refractivity contribution is -0.385. The second kappa shape index (κ2) is 7.55. The monoisotopic (exact) mass is 361 g/mol. The highest BCUT2D eigenvalue weighted by molar-refractivity contribution is 9.10. The molecule has 108 valence electrons. The Hall–Kier alpha value is -1.19. The Balaban J connectivity index is 3.25. The number of nitro groups is 1. The van der Waals surface area contributed by atoms with Gasteiger partial charge in [0, 0.05) is 16.2 Å². The van der Waals surface area contributed by atoms with Crippen molar-refractivity contribution in [2.24, 2.45) is 0 Å². The van der Waals surface area contributed by atoms with Crippen LogP contribution in [-0.4, -0.2) is 18.1 Å². The van der Waals surface area contributed by atoms with Crippen molar-refractivity contribution in [2.45, 2.75) is 13.8 Å². The van der Waals surface area contributed by atoms with Crippen LogP contribution in [0.1, 0.15) is 19.4 Å². The molecule has 0 heterocycles. The molecule has 0 aromatic heterocycles. The number of hydrogen-bond donors (Lipinski definition) is 0. The average Bonchev–Trinajstić information content (AvgIpc) is 2.37. The van der Waals surface area contributed by atoms with Crippen molar-refractivity contribution in [3.8, 4) is 11.6 Å². The van der Waals surface area contributed by atoms with Gasteiger partial charge in [-0.1, -0.05) is 6.07 Å². The second-order valence-electron chi connectivity index (χ2n) is 3.46. The van der Waals surface area contributed by atoms with Gasteiger partial charge < -0.3 is 0 Å². The summed E-state index contributed by atoms with van der Waals surface area (Å²) in [6.45, 7) is 3.66. The van der Waals surface area contributed by atoms with E-state index >= 15 is 0 Å². The van der Waals surface area contributed by atoms with Crippen LogP contribution in [0.15, 0.2) is 22.7 Å². The van der Waals surface area contributed by atoms with Crippen LogP contribution >= 0.6 is 23.5 Å². The fourth-order valence-corrected chi connectivity index (χ4v) is 2.94. The molecule has 6 nitrogen and oxygen atoms in total. The third-order valence-electron chi connectivity index (χ3n) is 2.10. The van der Waals surface area contributed by atoms with Gasteiger partial charge in [0.25, 0.3) is 5.69 Å². The summed E-state index contributed by atoms with van der Waals surface area (Å²) in [6.07, 6.45) is 0. The summed E-state index contributed by atoms with van der Waals surface area (Å²) >= 11 is 3.18. The Bertz CT molecular complexity index is 598. The smallest absolute Gasteiger partial charge is 0.300 e. The van der Waals surface area contributed by atoms with E-state index < -0.39 is 12.5 Å². The van der Waals surface area contributed by atoms with Gasteiger partial charge in [0.2, 0.25) is 0 Å². The molecular formula is C12H13BrNO5P. The molecule has 0 spiro atoms. The van der Waals surface area contributed by atoms with Crippen LogP contribution < -0.4 is 0 Å². The molecule has 0 atom stereocenters. The first kappa shape index (κ1) is 16.9. The molecule has 20 heavy (non-hydrogen) atoms. The molecule has 0 aliphatic rings. The van der Waals surface area contributed by atoms with E-state index in [1.165, 1.54) is 12.1 Å². The Morgan fingerprint density at radius 1 is 1.35 bits per heavy atom. The van der Waals surface area contributed by atoms with E-state index in [9.17, 15) is 14.7 Å². The van der Waals surface area contributed by atoms with Gasteiger partial charge in [0.05, 0.1) is 18.1 Å². The summed E-state index contributed by atoms with van der Waals surface area (Å²) in [4.78, 5) is 10.4. The number of nitrogens with zero attached hydrogens (tertiary/aromatic N) is 1. The summed E-state index contributed by atoms with van der Waals surface area (Å²) < 4.78 is 22.6. The fourth-order valence-electron chi connectivity index (χ4n) is 1.35. The first-order valence-corrected chi connectivity index (χ1v) is 8.12. The van der Waals surface area contributed by atoms with E-state index in [2.05, 4.69) is 27.5 Å². The van der Waals surface area contributed by atoms with Crippen LogP contribution in [0.3, 0.4) is 0 Å². The minimum Gasteiger partial charge on any atom is -0.300 e. The summed E-state index contributed by atoms with van der Waals surface area (Å²) in [7, 11) is -3.56. The zero-order valence-corrected chi connectivity index (χ0v) is 13.4. The molecule has 0 bridgehead atoms. The standard InChI is InChI=1S/C12H13BrNO5P/c1-3-18-20(17,19-4-2)9-8-10-11(13)6-5-7-12(10)14(15)16/h5-7H,3-4H2,1-2H3. The van der Waals surface area contributed by atoms with Gasteiger partial charge in [-0.3, -0.25) is 19.2 Å². The van der Waals surface area contributed by atoms with Crippen LogP contribution in [0.25, 0.3) is 0 Å². The van der Waals surface area contributed by atoms with Crippen molar-refractivity contribution in [1.29, 1.82) is 0 Å². The Morgan fingerprint density at radius 2 is 1.95 bits per heavy atom. The summed E-state index contributed by atoms with van der Waals surface area (Å²) in [5, 5.41) is 10.9. The molecule has 1 aromatic carbocycles. The van der Waals surface area contributed by atoms with E-state index in [0.29, 0.717) is 4.47 Å². The van der Waals surface area contributed by atoms with Gasteiger partial charge in [-0.15, -0.1) is 0 Å². The lowest BCUT2D eigenvalue weighted by Crippen LogP contribution is -1.95. The van der Waals surface area contributed by atoms with E-state index in [-0.39, 0.29) is 24.5 Å². The van der Waals surface area contributed by atoms with Gasteiger partial charge in [-0.2, -0.15) is 0 Å². The summed E-state index contributed by atoms with van der Waals surface area (Å²) in [5.74, 6) is 2.52. The third kappa shape index (κ3) is 4.43. The predicted octanol–water partition coefficient (Wildman–Crippen LogP) is 3.93. The molecule has 0 amide bonds. The van der Waals surface area contributed by atoms with Gasteiger partial charge in [0.1, 0.15) is 5.56 Å². The minimum absolute atomic E-state index is 0.136. The molecule has 8 heteroatoms. The van der Waals surface area contributed by atoms with Crippen LogP contribution in [0.5, 0.6) is 0 Å². The maximum atomic E-state index is 12.2. The van der Waals surface area contributed by atoms with E-state index in [1.807, 2.05) is 0 Å². The first-order valence-electron chi connectivity index (χ1n) is 5.78. The van der Waals surface area contributed by atoms with Crippen LogP contribution in [0.4, 0.5) is 5.69 Å². The van der Waals surface area contributed by atoms with Crippen molar-refractivity contribution in [3.63, 3.8) is 0 Å². The summed E-state index contributed by atoms with van der Waals surface area (Å²) in [6, 6.07) is 4.46. The minimum atomic E-state index is -3.56. The number of benzene rings is 1. The summed E-state index contributed by atoms with van der Waals surface area (Å²) in [5.41, 5.74) is 2.34. The highest BCUT2D eigenvalue weighted by atomic mass is 79.9. The van der Waals surface area contributed by atoms with E-state index in [0.717, 1.165) is 0 Å². The van der Waals surface area contributed by atoms with Crippen molar-refractivity contribution < 1.29 is 18.5 Å². The fraction of sp³-hybridized carbons (Fsp3) is 0.333. The number of rotatable bonds is 5. The molecule has 0 saturated heterocycles. The normalized spacial score (nSPS) is 10.8. The molecule has 1 aromatic rings. The van der Waals surface area contributed by atoms with Crippen LogP contribution in [0.2, 0.25) is 0 Å². The maximum Gasteiger partial charge on any atom is 0.405 e. The molecule has 0 saturated carbocycles. The molecule has 0 aliphatic heterocycles. The largest absolute Gasteiger partial charge is 0.405 e. The molecule has 0 unspecified atom stereocenters. The number of nitro benzene ring substituents is 1. The molecule has 0 radical (unpaired) electrons. The van der Waals surface area contributed by atoms with E-state index in [1.54, 1.807) is 19.9 Å². The number of hydrogen-bond acceptors (Lipinski definition) is 5. The lowest BCUT2D eigenvalue weighted by Gasteiger charge is -2.09. The zero-order chi connectivity index (χ0) is 15.2. The Morgan fingerprint density at radius 3 is 2.45 bits per heavy atom. The van der Waals surface area contributed by atoms with Gasteiger partial charge in [0.15, 0.2) is 0 Å². The highest BCUT2D eigenvalue weighted by Gasteiger charge is 2.21. The Labute approximate surface area is 125 Å². The maximum absolute atomic E-state index is 12.2. The SMILES string of the molecule is CCOP(=O)(C#Cc1c(Br)cccc1[N+](=O)[O-])OCC. The predicted molar refractivity (Wildman–Crippen MR) is 78.5 cm³/mol. The van der Waals surface area contributed by atoms with E-state index in [4.69, 9.17) is 9.05 Å². The quantitative estimate of drug-likeness (QED) is 0.343. The van der Waals surface area contributed by atoms with Gasteiger partial charge >= 0.3 is 7.60 Å². The topological polar surface area (TPSA) is 78.7 Å². The van der Waals surface area contributed by atoms with Crippen LogP contribution in [-0.2, 0) is 13.6 Å². The second-order valence-corrected chi connectivity index (χ2v) is 6.05. The van der Waals surface area contributed by atoms with Crippen molar-refractivity contribution in [3.05, 3.63) is 38.3 Å². The van der Waals surface area contributed by atoms with Gasteiger partial charge in [-0.25, -0.2) is 4.57 Å². The van der Waals surface area contributed by atoms with Crippen molar-refractivity contribution in [2.75, 3.05) is 13.2 Å². The number of halogens is 1. The molecular weight excluding hydrogens is 349 g/mol. The third-order valence-corrected chi connectivity index (χ3v) is 4.35. The Kier molecular flexibility index (Phi) is 6.37. The molecule has 0 fully saturated rings.